The van der Waals surface area contributed by atoms with Crippen LogP contribution in [0.1, 0.15) is 45.1 Å². The third kappa shape index (κ3) is 2.14. The molecule has 4 nitrogen and oxygen atoms in total. The zero-order chi connectivity index (χ0) is 17.8. The van der Waals surface area contributed by atoms with Crippen LogP contribution < -0.4 is 4.90 Å². The number of Topliss-reactive ketones (excluding diaryl/α,β-unsaturated/α-hetero) is 1. The topological polar surface area (TPSA) is 40.6 Å². The van der Waals surface area contributed by atoms with Crippen LogP contribution in [0, 0.1) is 0 Å². The molecule has 0 N–H and O–H groups in total. The molecule has 0 radical (unpaired) electrons. The van der Waals surface area contributed by atoms with Crippen LogP contribution in [0.5, 0.6) is 0 Å². The van der Waals surface area contributed by atoms with Crippen molar-refractivity contribution in [3.63, 3.8) is 0 Å². The molecule has 1 saturated carbocycles. The van der Waals surface area contributed by atoms with Crippen LogP contribution in [-0.4, -0.2) is 35.3 Å². The van der Waals surface area contributed by atoms with Gasteiger partial charge in [-0.15, -0.1) is 0 Å². The number of hydrogen-bond acceptors (Lipinski definition) is 3. The highest BCUT2D eigenvalue weighted by molar-refractivity contribution is 14.1. The highest BCUT2D eigenvalue weighted by Crippen LogP contribution is 2.64. The molecule has 5 heteroatoms. The van der Waals surface area contributed by atoms with Crippen molar-refractivity contribution in [1.82, 2.24) is 4.90 Å². The van der Waals surface area contributed by atoms with E-state index in [1.807, 2.05) is 23.1 Å². The van der Waals surface area contributed by atoms with Crippen LogP contribution in [0.15, 0.2) is 33.9 Å². The van der Waals surface area contributed by atoms with E-state index in [1.165, 1.54) is 9.14 Å². The minimum Gasteiger partial charge on any atom is -0.300 e. The third-order valence-electron chi connectivity index (χ3n) is 6.35. The van der Waals surface area contributed by atoms with Gasteiger partial charge in [-0.05, 0) is 54.0 Å². The van der Waals surface area contributed by atoms with Gasteiger partial charge in [0.15, 0.2) is 0 Å². The number of anilines is 1. The molecule has 1 aliphatic carbocycles. The summed E-state index contributed by atoms with van der Waals surface area (Å²) in [4.78, 5) is 29.7. The van der Waals surface area contributed by atoms with Gasteiger partial charge in [0, 0.05) is 47.5 Å². The number of para-hydroxylation sites is 1. The second-order valence-electron chi connectivity index (χ2n) is 7.39. The maximum absolute atomic E-state index is 12.8. The first kappa shape index (κ1) is 17.2. The Labute approximate surface area is 162 Å². The zero-order valence-corrected chi connectivity index (χ0v) is 16.9. The first-order valence-corrected chi connectivity index (χ1v) is 10.0. The Kier molecular flexibility index (Phi) is 4.07. The Morgan fingerprint density at radius 2 is 2.08 bits per heavy atom. The average molecular weight is 450 g/mol. The van der Waals surface area contributed by atoms with Gasteiger partial charge < -0.3 is 0 Å². The maximum atomic E-state index is 12.8. The van der Waals surface area contributed by atoms with Gasteiger partial charge in [-0.2, -0.15) is 0 Å². The van der Waals surface area contributed by atoms with Gasteiger partial charge in [-0.1, -0.05) is 24.3 Å². The molecule has 0 spiro atoms. The number of carbonyl (C=O) groups is 2. The summed E-state index contributed by atoms with van der Waals surface area (Å²) >= 11 is 2.38. The molecular formula is C20H23IN2O2. The van der Waals surface area contributed by atoms with E-state index in [-0.39, 0.29) is 11.3 Å². The minimum atomic E-state index is -0.393. The molecule has 1 amide bonds. The highest BCUT2D eigenvalue weighted by atomic mass is 127. The summed E-state index contributed by atoms with van der Waals surface area (Å²) in [5, 5.41) is 0. The molecule has 1 saturated heterocycles. The number of nitrogens with zero attached hydrogens (tertiary/aromatic N) is 2. The number of carbonyl (C=O) groups excluding carboxylic acids is 2. The number of amides is 1. The Morgan fingerprint density at radius 3 is 2.80 bits per heavy atom. The van der Waals surface area contributed by atoms with Gasteiger partial charge in [0.1, 0.15) is 11.4 Å². The monoisotopic (exact) mass is 450 g/mol. The lowest BCUT2D eigenvalue weighted by Crippen LogP contribution is -2.66. The largest absolute Gasteiger partial charge is 0.300 e. The van der Waals surface area contributed by atoms with Crippen LogP contribution in [0.25, 0.3) is 0 Å². The molecule has 3 aliphatic rings. The van der Waals surface area contributed by atoms with Gasteiger partial charge in [0.25, 0.3) is 0 Å². The lowest BCUT2D eigenvalue weighted by Gasteiger charge is -2.52. The highest BCUT2D eigenvalue weighted by Gasteiger charge is 2.70. The molecule has 1 aromatic rings. The van der Waals surface area contributed by atoms with E-state index in [9.17, 15) is 9.59 Å². The lowest BCUT2D eigenvalue weighted by molar-refractivity contribution is -0.128. The first-order chi connectivity index (χ1) is 12.0. The summed E-state index contributed by atoms with van der Waals surface area (Å²) in [5.41, 5.74) is 1.55. The molecule has 2 aliphatic heterocycles. The van der Waals surface area contributed by atoms with E-state index < -0.39 is 5.66 Å². The second kappa shape index (κ2) is 5.91. The molecule has 2 fully saturated rings. The van der Waals surface area contributed by atoms with Crippen molar-refractivity contribution in [2.45, 2.75) is 50.6 Å². The predicted molar refractivity (Wildman–Crippen MR) is 107 cm³/mol. The normalized spacial score (nSPS) is 31.7. The minimum absolute atomic E-state index is 0.0751. The van der Waals surface area contributed by atoms with Crippen LogP contribution in [0.4, 0.5) is 5.69 Å². The number of benzene rings is 1. The Bertz CT molecular complexity index is 790. The zero-order valence-electron chi connectivity index (χ0n) is 14.7. The summed E-state index contributed by atoms with van der Waals surface area (Å²) in [6, 6.07) is 8.22. The fourth-order valence-electron chi connectivity index (χ4n) is 5.48. The Balaban J connectivity index is 1.95. The van der Waals surface area contributed by atoms with Crippen molar-refractivity contribution in [2.24, 2.45) is 0 Å². The van der Waals surface area contributed by atoms with Crippen molar-refractivity contribution in [1.29, 1.82) is 0 Å². The molecule has 1 aromatic carbocycles. The maximum Gasteiger partial charge on any atom is 0.225 e. The van der Waals surface area contributed by atoms with Crippen LogP contribution in [-0.2, 0) is 15.0 Å². The van der Waals surface area contributed by atoms with E-state index in [0.29, 0.717) is 18.6 Å². The molecular weight excluding hydrogens is 427 g/mol. The first-order valence-electron chi connectivity index (χ1n) is 8.94. The lowest BCUT2D eigenvalue weighted by atomic mass is 9.63. The molecule has 0 aromatic heterocycles. The molecule has 132 valence electrons. The average Bonchev–Trinajstić information content (AvgIpc) is 3.03. The molecule has 25 heavy (non-hydrogen) atoms. The van der Waals surface area contributed by atoms with Gasteiger partial charge >= 0.3 is 0 Å². The van der Waals surface area contributed by atoms with Crippen LogP contribution >= 0.6 is 22.6 Å². The van der Waals surface area contributed by atoms with Crippen molar-refractivity contribution in [2.75, 3.05) is 18.0 Å². The number of halogens is 1. The van der Waals surface area contributed by atoms with Crippen LogP contribution in [0.3, 0.4) is 0 Å². The smallest absolute Gasteiger partial charge is 0.225 e. The van der Waals surface area contributed by atoms with Gasteiger partial charge in [0.05, 0.1) is 0 Å². The Hall–Kier alpha value is -1.21. The second-order valence-corrected chi connectivity index (χ2v) is 8.78. The van der Waals surface area contributed by atoms with E-state index in [2.05, 4.69) is 46.6 Å². The molecule has 0 bridgehead atoms. The summed E-state index contributed by atoms with van der Waals surface area (Å²) < 4.78 is 1.28. The molecule has 2 atom stereocenters. The quantitative estimate of drug-likeness (QED) is 0.644. The van der Waals surface area contributed by atoms with E-state index >= 15 is 0 Å². The predicted octanol–water partition coefficient (Wildman–Crippen LogP) is 3.78. The summed E-state index contributed by atoms with van der Waals surface area (Å²) in [6.07, 6.45) is 4.91. The van der Waals surface area contributed by atoms with Crippen molar-refractivity contribution in [3.05, 3.63) is 39.5 Å². The Morgan fingerprint density at radius 1 is 1.32 bits per heavy atom. The fraction of sp³-hybridized carbons (Fsp3) is 0.500. The van der Waals surface area contributed by atoms with E-state index in [0.717, 1.165) is 31.6 Å². The molecule has 4 rings (SSSR count). The van der Waals surface area contributed by atoms with Crippen LogP contribution in [0.2, 0.25) is 0 Å². The van der Waals surface area contributed by atoms with E-state index in [4.69, 9.17) is 0 Å². The SMILES string of the molecule is C/C=C(\I)CN1CC[C@]23CC(=O)CC[C@]12N(C(C)=O)c1ccccc13. The number of allylic oxidation sites excluding steroid dienone is 1. The van der Waals surface area contributed by atoms with Gasteiger partial charge in [-0.25, -0.2) is 0 Å². The van der Waals surface area contributed by atoms with Crippen molar-refractivity contribution < 1.29 is 9.59 Å². The van der Waals surface area contributed by atoms with Gasteiger partial charge in [-0.3, -0.25) is 19.4 Å². The van der Waals surface area contributed by atoms with Gasteiger partial charge in [0.2, 0.25) is 5.91 Å². The van der Waals surface area contributed by atoms with E-state index in [1.54, 1.807) is 6.92 Å². The standard InChI is InChI=1S/C20H23IN2O2/c1-3-15(21)13-22-11-10-19-12-16(25)8-9-20(19,22)23(14(2)24)18-7-5-4-6-17(18)19/h3-7H,8-13H2,1-2H3/b15-3-/t19-,20-/m1/s1. The molecule has 0 unspecified atom stereocenters. The number of likely N-dealkylation sites (tertiary alicyclic amines) is 1. The summed E-state index contributed by atoms with van der Waals surface area (Å²) in [7, 11) is 0. The molecule has 2 heterocycles. The summed E-state index contributed by atoms with van der Waals surface area (Å²) in [5.74, 6) is 0.407. The fourth-order valence-corrected chi connectivity index (χ4v) is 5.89. The number of ketones is 1. The number of hydrogen-bond donors (Lipinski definition) is 0. The number of fused-ring (bicyclic) bond motifs is 1. The van der Waals surface area contributed by atoms with Crippen molar-refractivity contribution in [3.8, 4) is 0 Å². The summed E-state index contributed by atoms with van der Waals surface area (Å²) in [6.45, 7) is 5.48. The van der Waals surface area contributed by atoms with Crippen molar-refractivity contribution >= 4 is 40.0 Å². The third-order valence-corrected chi connectivity index (χ3v) is 7.31. The number of rotatable bonds is 2.